The Morgan fingerprint density at radius 2 is 2.04 bits per heavy atom. The Morgan fingerprint density at radius 3 is 2.71 bits per heavy atom. The molecule has 0 unspecified atom stereocenters. The molecule has 2 rings (SSSR count). The molecular formula is C15H20ClN3O4Si. The van der Waals surface area contributed by atoms with Crippen LogP contribution in [0.4, 0.5) is 5.69 Å². The van der Waals surface area contributed by atoms with Gasteiger partial charge in [-0.1, -0.05) is 31.2 Å². The smallest absolute Gasteiger partial charge is 0.274 e. The lowest BCUT2D eigenvalue weighted by Gasteiger charge is -2.15. The van der Waals surface area contributed by atoms with E-state index in [4.69, 9.17) is 21.1 Å². The molecule has 0 N–H and O–H groups in total. The predicted octanol–water partition coefficient (Wildman–Crippen LogP) is 4.55. The summed E-state index contributed by atoms with van der Waals surface area (Å²) >= 11 is 5.86. The third kappa shape index (κ3) is 5.95. The summed E-state index contributed by atoms with van der Waals surface area (Å²) in [5.74, 6) is 0.744. The molecule has 0 radical (unpaired) electrons. The van der Waals surface area contributed by atoms with Crippen molar-refractivity contribution in [1.29, 1.82) is 0 Å². The molecule has 24 heavy (non-hydrogen) atoms. The summed E-state index contributed by atoms with van der Waals surface area (Å²) in [6.45, 7) is 7.91. The molecule has 9 heteroatoms. The van der Waals surface area contributed by atoms with Crippen LogP contribution in [0.2, 0.25) is 30.7 Å². The van der Waals surface area contributed by atoms with Crippen molar-refractivity contribution in [2.75, 3.05) is 6.61 Å². The van der Waals surface area contributed by atoms with E-state index in [1.165, 1.54) is 24.4 Å². The highest BCUT2D eigenvalue weighted by atomic mass is 35.5. The van der Waals surface area contributed by atoms with E-state index in [1.807, 2.05) is 0 Å². The van der Waals surface area contributed by atoms with Crippen LogP contribution in [-0.2, 0) is 11.5 Å². The summed E-state index contributed by atoms with van der Waals surface area (Å²) < 4.78 is 12.8. The Balaban J connectivity index is 1.93. The fourth-order valence-corrected chi connectivity index (χ4v) is 2.83. The molecule has 0 fully saturated rings. The highest BCUT2D eigenvalue weighted by Gasteiger charge is 2.13. The van der Waals surface area contributed by atoms with Crippen molar-refractivity contribution in [3.63, 3.8) is 0 Å². The lowest BCUT2D eigenvalue weighted by atomic mass is 10.3. The van der Waals surface area contributed by atoms with Gasteiger partial charge in [0.05, 0.1) is 28.4 Å². The molecule has 2 aromatic rings. The van der Waals surface area contributed by atoms with Gasteiger partial charge >= 0.3 is 0 Å². The molecule has 0 aliphatic carbocycles. The Bertz CT molecular complexity index is 715. The first-order valence-electron chi connectivity index (χ1n) is 7.46. The van der Waals surface area contributed by atoms with Gasteiger partial charge in [-0.3, -0.25) is 10.1 Å². The maximum Gasteiger partial charge on any atom is 0.274 e. The van der Waals surface area contributed by atoms with Gasteiger partial charge in [-0.15, -0.1) is 0 Å². The second-order valence-electron chi connectivity index (χ2n) is 6.57. The van der Waals surface area contributed by atoms with Gasteiger partial charge in [0.25, 0.3) is 5.69 Å². The first kappa shape index (κ1) is 18.4. The molecule has 0 saturated heterocycles. The Kier molecular flexibility index (Phi) is 5.98. The van der Waals surface area contributed by atoms with Crippen molar-refractivity contribution in [1.82, 2.24) is 9.78 Å². The van der Waals surface area contributed by atoms with Gasteiger partial charge in [0.2, 0.25) is 0 Å². The summed E-state index contributed by atoms with van der Waals surface area (Å²) in [6, 6.07) is 5.18. The average Bonchev–Trinajstić information content (AvgIpc) is 2.89. The molecule has 0 spiro atoms. The maximum atomic E-state index is 10.8. The van der Waals surface area contributed by atoms with Gasteiger partial charge < -0.3 is 9.47 Å². The Labute approximate surface area is 146 Å². The minimum atomic E-state index is -1.11. The van der Waals surface area contributed by atoms with Crippen molar-refractivity contribution in [3.05, 3.63) is 45.7 Å². The quantitative estimate of drug-likeness (QED) is 0.295. The summed E-state index contributed by atoms with van der Waals surface area (Å²) in [7, 11) is -1.11. The number of non-ortho nitro benzene ring substituents is 1. The Hall–Kier alpha value is -1.90. The molecule has 1 heterocycles. The number of halogens is 1. The molecule has 0 atom stereocenters. The molecule has 0 amide bonds. The number of hydrogen-bond acceptors (Lipinski definition) is 5. The van der Waals surface area contributed by atoms with Crippen LogP contribution in [0.15, 0.2) is 30.6 Å². The average molecular weight is 370 g/mol. The highest BCUT2D eigenvalue weighted by Crippen LogP contribution is 2.29. The van der Waals surface area contributed by atoms with Crippen molar-refractivity contribution in [2.24, 2.45) is 0 Å². The van der Waals surface area contributed by atoms with Crippen LogP contribution in [0.3, 0.4) is 0 Å². The van der Waals surface area contributed by atoms with Gasteiger partial charge in [-0.25, -0.2) is 4.68 Å². The standard InChI is InChI=1S/C15H20ClN3O4Si/c1-24(2,3)5-4-22-11-18-10-15(9-17-18)23-14-7-12(16)6-13(8-14)19(20)21/h6-10H,4-5,11H2,1-3H3. The summed E-state index contributed by atoms with van der Waals surface area (Å²) in [4.78, 5) is 10.3. The van der Waals surface area contributed by atoms with Crippen LogP contribution in [0.1, 0.15) is 0 Å². The molecule has 130 valence electrons. The zero-order chi connectivity index (χ0) is 17.7. The van der Waals surface area contributed by atoms with Gasteiger partial charge in [0.15, 0.2) is 5.75 Å². The number of benzene rings is 1. The fraction of sp³-hybridized carbons (Fsp3) is 0.400. The number of nitrogens with zero attached hydrogens (tertiary/aromatic N) is 3. The number of nitro benzene ring substituents is 1. The monoisotopic (exact) mass is 369 g/mol. The summed E-state index contributed by atoms with van der Waals surface area (Å²) in [5.41, 5.74) is -0.125. The minimum absolute atomic E-state index is 0.125. The van der Waals surface area contributed by atoms with Crippen molar-refractivity contribution >= 4 is 25.4 Å². The molecule has 0 bridgehead atoms. The van der Waals surface area contributed by atoms with E-state index in [2.05, 4.69) is 24.7 Å². The summed E-state index contributed by atoms with van der Waals surface area (Å²) in [6.07, 6.45) is 3.19. The maximum absolute atomic E-state index is 10.8. The normalized spacial score (nSPS) is 11.5. The van der Waals surface area contributed by atoms with E-state index >= 15 is 0 Å². The second-order valence-corrected chi connectivity index (χ2v) is 12.6. The number of rotatable bonds is 8. The van der Waals surface area contributed by atoms with Gasteiger partial charge in [0.1, 0.15) is 12.5 Å². The predicted molar refractivity (Wildman–Crippen MR) is 94.5 cm³/mol. The lowest BCUT2D eigenvalue weighted by molar-refractivity contribution is -0.384. The number of ether oxygens (including phenoxy) is 2. The van der Waals surface area contributed by atoms with Crippen LogP contribution >= 0.6 is 11.6 Å². The molecular weight excluding hydrogens is 350 g/mol. The molecule has 1 aromatic heterocycles. The zero-order valence-corrected chi connectivity index (χ0v) is 15.6. The van der Waals surface area contributed by atoms with E-state index in [0.717, 1.165) is 6.04 Å². The molecule has 1 aromatic carbocycles. The third-order valence-electron chi connectivity index (χ3n) is 3.13. The van der Waals surface area contributed by atoms with Crippen LogP contribution in [0.5, 0.6) is 11.5 Å². The van der Waals surface area contributed by atoms with E-state index in [9.17, 15) is 10.1 Å². The first-order chi connectivity index (χ1) is 11.2. The first-order valence-corrected chi connectivity index (χ1v) is 11.5. The second kappa shape index (κ2) is 7.78. The topological polar surface area (TPSA) is 79.4 Å². The van der Waals surface area contributed by atoms with Crippen LogP contribution in [0, 0.1) is 10.1 Å². The zero-order valence-electron chi connectivity index (χ0n) is 13.9. The van der Waals surface area contributed by atoms with E-state index in [0.29, 0.717) is 19.1 Å². The SMILES string of the molecule is C[Si](C)(C)CCOCn1cc(Oc2cc(Cl)cc([N+](=O)[O-])c2)cn1. The highest BCUT2D eigenvalue weighted by molar-refractivity contribution is 6.76. The van der Waals surface area contributed by atoms with E-state index in [1.54, 1.807) is 10.9 Å². The number of nitro groups is 1. The number of hydrogen-bond donors (Lipinski definition) is 0. The molecule has 0 saturated carbocycles. The van der Waals surface area contributed by atoms with E-state index in [-0.39, 0.29) is 16.5 Å². The van der Waals surface area contributed by atoms with Crippen molar-refractivity contribution in [2.45, 2.75) is 32.4 Å². The Morgan fingerprint density at radius 1 is 1.29 bits per heavy atom. The van der Waals surface area contributed by atoms with Gasteiger partial charge in [-0.2, -0.15) is 5.10 Å². The van der Waals surface area contributed by atoms with Crippen molar-refractivity contribution in [3.8, 4) is 11.5 Å². The molecule has 0 aliphatic rings. The van der Waals surface area contributed by atoms with Gasteiger partial charge in [-0.05, 0) is 12.1 Å². The summed E-state index contributed by atoms with van der Waals surface area (Å²) in [5, 5.41) is 15.2. The lowest BCUT2D eigenvalue weighted by Crippen LogP contribution is -2.22. The van der Waals surface area contributed by atoms with E-state index < -0.39 is 13.0 Å². The van der Waals surface area contributed by atoms with Gasteiger partial charge in [0, 0.05) is 20.7 Å². The fourth-order valence-electron chi connectivity index (χ4n) is 1.85. The minimum Gasteiger partial charge on any atom is -0.454 e. The largest absolute Gasteiger partial charge is 0.454 e. The van der Waals surface area contributed by atoms with Crippen LogP contribution in [0.25, 0.3) is 0 Å². The van der Waals surface area contributed by atoms with Crippen LogP contribution in [-0.4, -0.2) is 29.4 Å². The molecule has 7 nitrogen and oxygen atoms in total. The molecule has 0 aliphatic heterocycles. The van der Waals surface area contributed by atoms with Crippen molar-refractivity contribution < 1.29 is 14.4 Å². The number of aromatic nitrogens is 2. The van der Waals surface area contributed by atoms with Crippen LogP contribution < -0.4 is 4.74 Å². The third-order valence-corrected chi connectivity index (χ3v) is 5.05.